The molecule has 0 saturated carbocycles. The average Bonchev–Trinajstić information content (AvgIpc) is 1.68. The summed E-state index contributed by atoms with van der Waals surface area (Å²) in [5.41, 5.74) is 0. The summed E-state index contributed by atoms with van der Waals surface area (Å²) in [4.78, 5) is 10.0. The third kappa shape index (κ3) is 18.4. The SMILES string of the molecule is CC(=O)OC(C)C.O=[PH2+]. The third-order valence-electron chi connectivity index (χ3n) is 0.402. The van der Waals surface area contributed by atoms with Crippen LogP contribution in [0.4, 0.5) is 0 Å². The molecule has 1 unspecified atom stereocenters. The zero-order valence-electron chi connectivity index (χ0n) is 5.88. The molecule has 9 heavy (non-hydrogen) atoms. The van der Waals surface area contributed by atoms with Crippen molar-refractivity contribution in [3.05, 3.63) is 0 Å². The normalized spacial score (nSPS) is 7.56. The van der Waals surface area contributed by atoms with E-state index in [1.165, 1.54) is 16.0 Å². The summed E-state index contributed by atoms with van der Waals surface area (Å²) in [6.45, 7) is 5.04. The van der Waals surface area contributed by atoms with Crippen LogP contribution < -0.4 is 0 Å². The Kier molecular flexibility index (Phi) is 9.57. The van der Waals surface area contributed by atoms with Crippen molar-refractivity contribution in [1.82, 2.24) is 0 Å². The van der Waals surface area contributed by atoms with Gasteiger partial charge >= 0.3 is 15.1 Å². The molecule has 0 saturated heterocycles. The summed E-state index contributed by atoms with van der Waals surface area (Å²) in [5.74, 6) is -0.213. The van der Waals surface area contributed by atoms with Crippen LogP contribution in [-0.4, -0.2) is 12.1 Å². The number of hydrogen-bond acceptors (Lipinski definition) is 3. The van der Waals surface area contributed by atoms with Gasteiger partial charge in [0.2, 0.25) is 0 Å². The minimum atomic E-state index is -0.213. The highest BCUT2D eigenvalue weighted by Crippen LogP contribution is 1.85. The lowest BCUT2D eigenvalue weighted by Crippen LogP contribution is -2.06. The van der Waals surface area contributed by atoms with Crippen molar-refractivity contribution in [1.29, 1.82) is 0 Å². The van der Waals surface area contributed by atoms with Crippen molar-refractivity contribution in [2.24, 2.45) is 0 Å². The van der Waals surface area contributed by atoms with Gasteiger partial charge in [-0.25, -0.2) is 0 Å². The first-order valence-electron chi connectivity index (χ1n) is 2.53. The maximum absolute atomic E-state index is 10.0. The van der Waals surface area contributed by atoms with E-state index >= 15 is 0 Å². The molecule has 0 aliphatic rings. The Balaban J connectivity index is 0. The molecule has 0 aromatic heterocycles. The van der Waals surface area contributed by atoms with Gasteiger partial charge in [0, 0.05) is 6.92 Å². The van der Waals surface area contributed by atoms with Crippen LogP contribution in [0.3, 0.4) is 0 Å². The molecule has 0 aromatic carbocycles. The van der Waals surface area contributed by atoms with Crippen LogP contribution in [-0.2, 0) is 14.1 Å². The van der Waals surface area contributed by atoms with Gasteiger partial charge in [0.1, 0.15) is 0 Å². The highest BCUT2D eigenvalue weighted by molar-refractivity contribution is 7.00. The van der Waals surface area contributed by atoms with Gasteiger partial charge in [-0.3, -0.25) is 4.79 Å². The molecule has 0 bridgehead atoms. The molecule has 3 nitrogen and oxygen atoms in total. The van der Waals surface area contributed by atoms with Gasteiger partial charge in [0.15, 0.2) is 0 Å². The van der Waals surface area contributed by atoms with E-state index in [0.717, 1.165) is 0 Å². The second kappa shape index (κ2) is 7.57. The van der Waals surface area contributed by atoms with Crippen LogP contribution in [0.1, 0.15) is 20.8 Å². The highest BCUT2D eigenvalue weighted by Gasteiger charge is 1.93. The molecule has 0 radical (unpaired) electrons. The van der Waals surface area contributed by atoms with Crippen molar-refractivity contribution in [2.45, 2.75) is 26.9 Å². The summed E-state index contributed by atoms with van der Waals surface area (Å²) in [6.07, 6.45) is 0.0255. The molecule has 0 aliphatic carbocycles. The van der Waals surface area contributed by atoms with Crippen molar-refractivity contribution in [3.8, 4) is 0 Å². The Morgan fingerprint density at radius 1 is 1.44 bits per heavy atom. The van der Waals surface area contributed by atoms with Gasteiger partial charge in [-0.2, -0.15) is 0 Å². The third-order valence-corrected chi connectivity index (χ3v) is 0.402. The zero-order valence-corrected chi connectivity index (χ0v) is 7.03. The Labute approximate surface area is 57.0 Å². The van der Waals surface area contributed by atoms with Crippen molar-refractivity contribution >= 4 is 15.1 Å². The molecule has 0 heterocycles. The molecular weight excluding hydrogens is 139 g/mol. The van der Waals surface area contributed by atoms with Crippen LogP contribution in [0.5, 0.6) is 0 Å². The fraction of sp³-hybridized carbons (Fsp3) is 0.800. The Bertz CT molecular complexity index is 82.3. The monoisotopic (exact) mass is 151 g/mol. The van der Waals surface area contributed by atoms with E-state index in [1.54, 1.807) is 0 Å². The second-order valence-corrected chi connectivity index (χ2v) is 1.66. The number of carbonyl (C=O) groups excluding carboxylic acids is 1. The Hall–Kier alpha value is -0.430. The van der Waals surface area contributed by atoms with Gasteiger partial charge in [-0.05, 0) is 13.8 Å². The lowest BCUT2D eigenvalue weighted by molar-refractivity contribution is -0.144. The highest BCUT2D eigenvalue weighted by atomic mass is 31.0. The smallest absolute Gasteiger partial charge is 0.310 e. The molecule has 0 amide bonds. The number of ether oxygens (including phenoxy) is 1. The standard InChI is InChI=1S/C5H10O2.H2OP/c1-4(2)7-5(3)6;1-2/h4H,1-3H3;2H2/q;+1. The molecule has 0 fully saturated rings. The first-order chi connectivity index (χ1) is 4.13. The van der Waals surface area contributed by atoms with Gasteiger partial charge in [-0.15, -0.1) is 0 Å². The topological polar surface area (TPSA) is 43.4 Å². The number of carbonyl (C=O) groups is 1. The van der Waals surface area contributed by atoms with Crippen LogP contribution in [0, 0.1) is 0 Å². The second-order valence-electron chi connectivity index (χ2n) is 1.66. The predicted octanol–water partition coefficient (Wildman–Crippen LogP) is 1.16. The number of hydrogen-bond donors (Lipinski definition) is 0. The largest absolute Gasteiger partial charge is 0.463 e. The van der Waals surface area contributed by atoms with Crippen LogP contribution in [0.25, 0.3) is 0 Å². The molecule has 0 N–H and O–H groups in total. The summed E-state index contributed by atoms with van der Waals surface area (Å²) in [5, 5.41) is 0. The van der Waals surface area contributed by atoms with E-state index in [4.69, 9.17) is 4.57 Å². The predicted molar refractivity (Wildman–Crippen MR) is 37.3 cm³/mol. The summed E-state index contributed by atoms with van der Waals surface area (Å²) in [6, 6.07) is 0. The summed E-state index contributed by atoms with van der Waals surface area (Å²) in [7, 11) is 1.17. The van der Waals surface area contributed by atoms with Crippen molar-refractivity contribution in [2.75, 3.05) is 0 Å². The average molecular weight is 151 g/mol. The van der Waals surface area contributed by atoms with Gasteiger partial charge in [-0.1, -0.05) is 4.57 Å². The van der Waals surface area contributed by atoms with Crippen LogP contribution >= 0.6 is 9.12 Å². The summed E-state index contributed by atoms with van der Waals surface area (Å²) < 4.78 is 12.8. The number of rotatable bonds is 1. The quantitative estimate of drug-likeness (QED) is 0.417. The molecule has 0 aromatic rings. The fourth-order valence-corrected chi connectivity index (χ4v) is 0.332. The molecule has 0 aliphatic heterocycles. The van der Waals surface area contributed by atoms with Crippen molar-refractivity contribution < 1.29 is 14.1 Å². The van der Waals surface area contributed by atoms with Gasteiger partial charge in [0.25, 0.3) is 0 Å². The molecule has 1 atom stereocenters. The van der Waals surface area contributed by atoms with Gasteiger partial charge < -0.3 is 4.74 Å². The van der Waals surface area contributed by atoms with E-state index in [9.17, 15) is 4.79 Å². The molecule has 0 rings (SSSR count). The Morgan fingerprint density at radius 2 is 1.78 bits per heavy atom. The minimum Gasteiger partial charge on any atom is -0.463 e. The minimum absolute atomic E-state index is 0.0255. The lowest BCUT2D eigenvalue weighted by Gasteiger charge is -2.01. The van der Waals surface area contributed by atoms with Crippen LogP contribution in [0.15, 0.2) is 0 Å². The Morgan fingerprint density at radius 3 is 1.78 bits per heavy atom. The van der Waals surface area contributed by atoms with E-state index < -0.39 is 0 Å². The molecule has 54 valence electrons. The fourth-order valence-electron chi connectivity index (χ4n) is 0.332. The van der Waals surface area contributed by atoms with Crippen molar-refractivity contribution in [3.63, 3.8) is 0 Å². The van der Waals surface area contributed by atoms with Crippen LogP contribution in [0.2, 0.25) is 0 Å². The van der Waals surface area contributed by atoms with E-state index in [2.05, 4.69) is 4.74 Å². The summed E-state index contributed by atoms with van der Waals surface area (Å²) >= 11 is 0. The van der Waals surface area contributed by atoms with E-state index in [0.29, 0.717) is 0 Å². The van der Waals surface area contributed by atoms with Gasteiger partial charge in [0.05, 0.1) is 6.10 Å². The van der Waals surface area contributed by atoms with E-state index in [-0.39, 0.29) is 12.1 Å². The molecule has 0 spiro atoms. The lowest BCUT2D eigenvalue weighted by atomic mass is 10.5. The maximum Gasteiger partial charge on any atom is 0.310 e. The zero-order chi connectivity index (χ0) is 7.86. The first-order valence-corrected chi connectivity index (χ1v) is 3.01. The molecule has 4 heteroatoms. The number of esters is 1. The maximum atomic E-state index is 10.0. The molecular formula is C5H12O3P+. The first kappa shape index (κ1) is 11.4. The van der Waals surface area contributed by atoms with E-state index in [1.807, 2.05) is 13.8 Å².